The van der Waals surface area contributed by atoms with Gasteiger partial charge in [-0.15, -0.1) is 0 Å². The summed E-state index contributed by atoms with van der Waals surface area (Å²) < 4.78 is 0. The summed E-state index contributed by atoms with van der Waals surface area (Å²) in [4.78, 5) is 6.83. The summed E-state index contributed by atoms with van der Waals surface area (Å²) in [7, 11) is 0. The molecule has 0 bridgehead atoms. The van der Waals surface area contributed by atoms with Crippen LogP contribution in [0.2, 0.25) is 0 Å². The first-order chi connectivity index (χ1) is 7.28. The predicted octanol–water partition coefficient (Wildman–Crippen LogP) is 1.18. The number of hydrogen-bond acceptors (Lipinski definition) is 3. The van der Waals surface area contributed by atoms with E-state index in [1.54, 1.807) is 0 Å². The Morgan fingerprint density at radius 3 is 2.93 bits per heavy atom. The molecule has 0 amide bonds. The first-order valence-corrected chi connectivity index (χ1v) is 5.69. The Hall–Kier alpha value is -0.930. The molecule has 0 aliphatic carbocycles. The van der Waals surface area contributed by atoms with E-state index < -0.39 is 0 Å². The lowest BCUT2D eigenvalue weighted by Crippen LogP contribution is -2.26. The second-order valence-electron chi connectivity index (χ2n) is 4.30. The topological polar surface area (TPSA) is 42.1 Å². The quantitative estimate of drug-likeness (QED) is 0.805. The Morgan fingerprint density at radius 1 is 1.53 bits per heavy atom. The third-order valence-electron chi connectivity index (χ3n) is 2.99. The third kappa shape index (κ3) is 2.76. The van der Waals surface area contributed by atoms with Crippen molar-refractivity contribution in [3.63, 3.8) is 0 Å². The molecule has 0 radical (unpaired) electrons. The SMILES string of the molecule is CCc1ccc(CN2CCC(N)C2)nc1. The average molecular weight is 205 g/mol. The Labute approximate surface area is 91.3 Å². The van der Waals surface area contributed by atoms with Crippen molar-refractivity contribution in [1.82, 2.24) is 9.88 Å². The van der Waals surface area contributed by atoms with Crippen molar-refractivity contribution in [3.8, 4) is 0 Å². The van der Waals surface area contributed by atoms with Crippen LogP contribution in [0.15, 0.2) is 18.3 Å². The predicted molar refractivity (Wildman–Crippen MR) is 61.5 cm³/mol. The van der Waals surface area contributed by atoms with Gasteiger partial charge in [0.2, 0.25) is 0 Å². The minimum absolute atomic E-state index is 0.361. The van der Waals surface area contributed by atoms with E-state index in [0.717, 1.165) is 38.2 Å². The molecule has 1 saturated heterocycles. The maximum absolute atomic E-state index is 5.86. The highest BCUT2D eigenvalue weighted by Crippen LogP contribution is 2.11. The third-order valence-corrected chi connectivity index (χ3v) is 2.99. The molecule has 3 heteroatoms. The molecule has 2 heterocycles. The zero-order chi connectivity index (χ0) is 10.7. The van der Waals surface area contributed by atoms with Gasteiger partial charge >= 0.3 is 0 Å². The molecule has 0 aromatic carbocycles. The van der Waals surface area contributed by atoms with E-state index >= 15 is 0 Å². The molecule has 1 aliphatic rings. The molecule has 1 unspecified atom stereocenters. The number of nitrogens with two attached hydrogens (primary N) is 1. The van der Waals surface area contributed by atoms with Crippen LogP contribution in [-0.2, 0) is 13.0 Å². The fourth-order valence-electron chi connectivity index (χ4n) is 1.99. The van der Waals surface area contributed by atoms with Crippen molar-refractivity contribution >= 4 is 0 Å². The summed E-state index contributed by atoms with van der Waals surface area (Å²) in [6.45, 7) is 5.21. The molecule has 1 aromatic heterocycles. The van der Waals surface area contributed by atoms with Crippen LogP contribution < -0.4 is 5.73 Å². The molecule has 0 saturated carbocycles. The van der Waals surface area contributed by atoms with Crippen molar-refractivity contribution in [1.29, 1.82) is 0 Å². The normalized spacial score (nSPS) is 22.1. The molecular formula is C12H19N3. The van der Waals surface area contributed by atoms with Gasteiger partial charge in [0.1, 0.15) is 0 Å². The lowest BCUT2D eigenvalue weighted by molar-refractivity contribution is 0.323. The maximum Gasteiger partial charge on any atom is 0.0544 e. The standard InChI is InChI=1S/C12H19N3/c1-2-10-3-4-12(14-7-10)9-15-6-5-11(13)8-15/h3-4,7,11H,2,5-6,8-9,13H2,1H3. The summed E-state index contributed by atoms with van der Waals surface area (Å²) >= 11 is 0. The van der Waals surface area contributed by atoms with E-state index in [4.69, 9.17) is 5.73 Å². The first-order valence-electron chi connectivity index (χ1n) is 5.69. The zero-order valence-electron chi connectivity index (χ0n) is 9.32. The highest BCUT2D eigenvalue weighted by Gasteiger charge is 2.18. The van der Waals surface area contributed by atoms with Gasteiger partial charge < -0.3 is 5.73 Å². The maximum atomic E-state index is 5.86. The van der Waals surface area contributed by atoms with Gasteiger partial charge in [-0.3, -0.25) is 9.88 Å². The largest absolute Gasteiger partial charge is 0.326 e. The van der Waals surface area contributed by atoms with Gasteiger partial charge in [0.15, 0.2) is 0 Å². The summed E-state index contributed by atoms with van der Waals surface area (Å²) in [5, 5.41) is 0. The molecule has 2 rings (SSSR count). The van der Waals surface area contributed by atoms with Gasteiger partial charge in [-0.2, -0.15) is 0 Å². The van der Waals surface area contributed by atoms with Gasteiger partial charge in [-0.1, -0.05) is 13.0 Å². The second-order valence-corrected chi connectivity index (χ2v) is 4.30. The number of aryl methyl sites for hydroxylation is 1. The monoisotopic (exact) mass is 205 g/mol. The van der Waals surface area contributed by atoms with Crippen molar-refractivity contribution in [3.05, 3.63) is 29.6 Å². The Balaban J connectivity index is 1.93. The fraction of sp³-hybridized carbons (Fsp3) is 0.583. The molecule has 1 atom stereocenters. The van der Waals surface area contributed by atoms with E-state index in [-0.39, 0.29) is 0 Å². The summed E-state index contributed by atoms with van der Waals surface area (Å²) in [6, 6.07) is 4.65. The lowest BCUT2D eigenvalue weighted by Gasteiger charge is -2.14. The molecule has 1 aromatic rings. The molecule has 82 valence electrons. The molecule has 1 fully saturated rings. The molecule has 0 spiro atoms. The van der Waals surface area contributed by atoms with Crippen LogP contribution in [-0.4, -0.2) is 29.0 Å². The number of hydrogen-bond donors (Lipinski definition) is 1. The van der Waals surface area contributed by atoms with E-state index in [2.05, 4.69) is 28.9 Å². The van der Waals surface area contributed by atoms with Crippen molar-refractivity contribution in [2.75, 3.05) is 13.1 Å². The molecule has 15 heavy (non-hydrogen) atoms. The minimum Gasteiger partial charge on any atom is -0.326 e. The average Bonchev–Trinajstić information content (AvgIpc) is 2.65. The van der Waals surface area contributed by atoms with Crippen LogP contribution in [0, 0.1) is 0 Å². The molecular weight excluding hydrogens is 186 g/mol. The zero-order valence-corrected chi connectivity index (χ0v) is 9.32. The highest BCUT2D eigenvalue weighted by molar-refractivity contribution is 5.13. The van der Waals surface area contributed by atoms with Crippen LogP contribution in [0.4, 0.5) is 0 Å². The van der Waals surface area contributed by atoms with E-state index in [0.29, 0.717) is 6.04 Å². The van der Waals surface area contributed by atoms with E-state index in [1.807, 2.05) is 6.20 Å². The van der Waals surface area contributed by atoms with Crippen molar-refractivity contribution in [2.45, 2.75) is 32.4 Å². The number of pyridine rings is 1. The molecule has 3 nitrogen and oxygen atoms in total. The fourth-order valence-corrected chi connectivity index (χ4v) is 1.99. The van der Waals surface area contributed by atoms with Crippen LogP contribution in [0.1, 0.15) is 24.6 Å². The summed E-state index contributed by atoms with van der Waals surface area (Å²) in [6.07, 6.45) is 4.15. The Kier molecular flexibility index (Phi) is 3.34. The van der Waals surface area contributed by atoms with Crippen molar-refractivity contribution in [2.24, 2.45) is 5.73 Å². The van der Waals surface area contributed by atoms with Gasteiger partial charge in [-0.05, 0) is 24.5 Å². The number of nitrogens with zero attached hydrogens (tertiary/aromatic N) is 2. The van der Waals surface area contributed by atoms with Crippen LogP contribution >= 0.6 is 0 Å². The van der Waals surface area contributed by atoms with Crippen LogP contribution in [0.5, 0.6) is 0 Å². The molecule has 2 N–H and O–H groups in total. The highest BCUT2D eigenvalue weighted by atomic mass is 15.2. The molecule has 1 aliphatic heterocycles. The van der Waals surface area contributed by atoms with E-state index in [1.165, 1.54) is 5.56 Å². The lowest BCUT2D eigenvalue weighted by atomic mass is 10.2. The summed E-state index contributed by atoms with van der Waals surface area (Å²) in [5.41, 5.74) is 8.32. The minimum atomic E-state index is 0.361. The van der Waals surface area contributed by atoms with Crippen LogP contribution in [0.3, 0.4) is 0 Å². The number of aromatic nitrogens is 1. The van der Waals surface area contributed by atoms with Gasteiger partial charge in [0, 0.05) is 31.9 Å². The first kappa shape index (κ1) is 10.6. The number of rotatable bonds is 3. The number of likely N-dealkylation sites (tertiary alicyclic amines) is 1. The Morgan fingerprint density at radius 2 is 2.40 bits per heavy atom. The van der Waals surface area contributed by atoms with Crippen LogP contribution in [0.25, 0.3) is 0 Å². The second kappa shape index (κ2) is 4.73. The van der Waals surface area contributed by atoms with Gasteiger partial charge in [-0.25, -0.2) is 0 Å². The Bertz CT molecular complexity index is 307. The van der Waals surface area contributed by atoms with Gasteiger partial charge in [0.05, 0.1) is 5.69 Å². The summed E-state index contributed by atoms with van der Waals surface area (Å²) in [5.74, 6) is 0. The van der Waals surface area contributed by atoms with Gasteiger partial charge in [0.25, 0.3) is 0 Å². The van der Waals surface area contributed by atoms with Crippen molar-refractivity contribution < 1.29 is 0 Å². The smallest absolute Gasteiger partial charge is 0.0544 e. The van der Waals surface area contributed by atoms with E-state index in [9.17, 15) is 0 Å².